The Kier molecular flexibility index (Phi) is 6.29. The Morgan fingerprint density at radius 2 is 1.31 bits per heavy atom. The molecule has 0 saturated heterocycles. The lowest BCUT2D eigenvalue weighted by molar-refractivity contribution is 1.06. The van der Waals surface area contributed by atoms with Crippen molar-refractivity contribution in [3.63, 3.8) is 0 Å². The molecule has 0 radical (unpaired) electrons. The summed E-state index contributed by atoms with van der Waals surface area (Å²) in [5.41, 5.74) is 10.0. The lowest BCUT2D eigenvalue weighted by Gasteiger charge is -2.14. The van der Waals surface area contributed by atoms with Crippen LogP contribution in [0, 0.1) is 13.8 Å². The first-order valence-corrected chi connectivity index (χ1v) is 13.2. The second kappa shape index (κ2) is 10.1. The van der Waals surface area contributed by atoms with Crippen LogP contribution >= 0.6 is 0 Å². The molecule has 4 nitrogen and oxygen atoms in total. The summed E-state index contributed by atoms with van der Waals surface area (Å²) in [5.74, 6) is 1.63. The van der Waals surface area contributed by atoms with E-state index in [2.05, 4.69) is 131 Å². The number of allylic oxidation sites excluding steroid dienone is 1. The molecule has 2 heterocycles. The third-order valence-electron chi connectivity index (χ3n) is 7.31. The number of hydrogen-bond acceptors (Lipinski definition) is 2. The molecule has 2 aromatic heterocycles. The van der Waals surface area contributed by atoms with E-state index in [1.54, 1.807) is 0 Å². The summed E-state index contributed by atoms with van der Waals surface area (Å²) in [4.78, 5) is 0. The highest BCUT2D eigenvalue weighted by Crippen LogP contribution is 2.33. The molecule has 0 N–H and O–H groups in total. The Morgan fingerprint density at radius 1 is 0.667 bits per heavy atom. The van der Waals surface area contributed by atoms with Crippen molar-refractivity contribution in [1.82, 2.24) is 19.3 Å². The Morgan fingerprint density at radius 3 is 1.97 bits per heavy atom. The van der Waals surface area contributed by atoms with Crippen molar-refractivity contribution in [2.24, 2.45) is 0 Å². The number of rotatable bonds is 6. The fourth-order valence-corrected chi connectivity index (χ4v) is 5.22. The minimum atomic E-state index is 0.812. The second-order valence-electron chi connectivity index (χ2n) is 9.72. The predicted octanol–water partition coefficient (Wildman–Crippen LogP) is 8.84. The normalized spacial score (nSPS) is 11.5. The number of benzene rings is 4. The lowest BCUT2D eigenvalue weighted by Crippen LogP contribution is -2.02. The summed E-state index contributed by atoms with van der Waals surface area (Å²) < 4.78 is 4.45. The van der Waals surface area contributed by atoms with Gasteiger partial charge in [0, 0.05) is 33.5 Å². The van der Waals surface area contributed by atoms with E-state index in [1.165, 1.54) is 16.5 Å². The van der Waals surface area contributed by atoms with E-state index in [4.69, 9.17) is 0 Å². The molecule has 0 atom stereocenters. The van der Waals surface area contributed by atoms with E-state index in [9.17, 15) is 0 Å². The third-order valence-corrected chi connectivity index (χ3v) is 7.31. The standard InChI is InChI=1S/C35H30N4/c1-5-12-32-30(6-2)31-15-10-11-16-33(31)38(32)28-19-21-29(22-20-28)39-34(26-13-8-7-9-14-26)36-37-35(39)27-18-17-24(3)25(4)23-27/h5-23H,2H2,1,3-4H3/b12-5-. The summed E-state index contributed by atoms with van der Waals surface area (Å²) in [6.07, 6.45) is 6.17. The topological polar surface area (TPSA) is 35.6 Å². The van der Waals surface area contributed by atoms with Crippen LogP contribution in [0.2, 0.25) is 0 Å². The zero-order valence-corrected chi connectivity index (χ0v) is 22.5. The van der Waals surface area contributed by atoms with Crippen molar-refractivity contribution < 1.29 is 0 Å². The molecule has 39 heavy (non-hydrogen) atoms. The minimum absolute atomic E-state index is 0.812. The van der Waals surface area contributed by atoms with Crippen molar-refractivity contribution in [1.29, 1.82) is 0 Å². The predicted molar refractivity (Wildman–Crippen MR) is 163 cm³/mol. The van der Waals surface area contributed by atoms with Crippen LogP contribution in [0.15, 0.2) is 110 Å². The Bertz CT molecular complexity index is 1830. The van der Waals surface area contributed by atoms with Crippen molar-refractivity contribution in [2.75, 3.05) is 0 Å². The van der Waals surface area contributed by atoms with E-state index < -0.39 is 0 Å². The smallest absolute Gasteiger partial charge is 0.168 e. The van der Waals surface area contributed by atoms with Gasteiger partial charge in [0.2, 0.25) is 0 Å². The molecule has 0 aliphatic carbocycles. The summed E-state index contributed by atoms with van der Waals surface area (Å²) in [6.45, 7) is 10.4. The molecular weight excluding hydrogens is 476 g/mol. The number of nitrogens with zero attached hydrogens (tertiary/aromatic N) is 4. The molecule has 0 fully saturated rings. The van der Waals surface area contributed by atoms with Crippen LogP contribution < -0.4 is 0 Å². The molecule has 0 saturated carbocycles. The molecule has 0 bridgehead atoms. The molecule has 0 amide bonds. The van der Waals surface area contributed by atoms with Crippen LogP contribution in [0.5, 0.6) is 0 Å². The Labute approximate surface area is 229 Å². The molecule has 0 unspecified atom stereocenters. The van der Waals surface area contributed by atoms with Crippen LogP contribution in [0.3, 0.4) is 0 Å². The summed E-state index contributed by atoms with van der Waals surface area (Å²) >= 11 is 0. The number of aryl methyl sites for hydroxylation is 2. The maximum absolute atomic E-state index is 4.67. The van der Waals surface area contributed by atoms with Gasteiger partial charge >= 0.3 is 0 Å². The van der Waals surface area contributed by atoms with Gasteiger partial charge in [0.05, 0.1) is 11.2 Å². The molecule has 0 aliphatic heterocycles. The van der Waals surface area contributed by atoms with Gasteiger partial charge in [-0.3, -0.25) is 4.57 Å². The van der Waals surface area contributed by atoms with Gasteiger partial charge in [-0.2, -0.15) is 0 Å². The summed E-state index contributed by atoms with van der Waals surface area (Å²) in [7, 11) is 0. The second-order valence-corrected chi connectivity index (χ2v) is 9.72. The number of para-hydroxylation sites is 1. The van der Waals surface area contributed by atoms with Crippen molar-refractivity contribution in [3.8, 4) is 34.2 Å². The molecule has 4 aromatic carbocycles. The van der Waals surface area contributed by atoms with Crippen molar-refractivity contribution in [3.05, 3.63) is 132 Å². The fourth-order valence-electron chi connectivity index (χ4n) is 5.22. The lowest BCUT2D eigenvalue weighted by atomic mass is 10.1. The SMILES string of the molecule is C=Cc1c(/C=C\C)n(-c2ccc(-n3c(-c4ccccc4)nnc3-c3ccc(C)c(C)c3)cc2)c2ccccc12. The third kappa shape index (κ3) is 4.20. The van der Waals surface area contributed by atoms with E-state index in [1.807, 2.05) is 31.2 Å². The fraction of sp³-hybridized carbons (Fsp3) is 0.0857. The van der Waals surface area contributed by atoms with E-state index in [-0.39, 0.29) is 0 Å². The average Bonchev–Trinajstić information content (AvgIpc) is 3.55. The first-order chi connectivity index (χ1) is 19.1. The van der Waals surface area contributed by atoms with Gasteiger partial charge < -0.3 is 4.57 Å². The quantitative estimate of drug-likeness (QED) is 0.226. The van der Waals surface area contributed by atoms with Gasteiger partial charge in [-0.15, -0.1) is 10.2 Å². The minimum Gasteiger partial charge on any atom is -0.309 e. The average molecular weight is 507 g/mol. The van der Waals surface area contributed by atoms with Crippen molar-refractivity contribution >= 4 is 23.1 Å². The number of aromatic nitrogens is 4. The first-order valence-electron chi connectivity index (χ1n) is 13.2. The van der Waals surface area contributed by atoms with E-state index >= 15 is 0 Å². The largest absolute Gasteiger partial charge is 0.309 e. The monoisotopic (exact) mass is 506 g/mol. The molecular formula is C35H30N4. The van der Waals surface area contributed by atoms with Crippen LogP contribution in [0.25, 0.3) is 57.2 Å². The summed E-state index contributed by atoms with van der Waals surface area (Å²) in [5, 5.41) is 10.5. The van der Waals surface area contributed by atoms with Crippen LogP contribution in [-0.2, 0) is 0 Å². The molecule has 0 aliphatic rings. The van der Waals surface area contributed by atoms with E-state index in [0.29, 0.717) is 0 Å². The molecule has 4 heteroatoms. The Hall–Kier alpha value is -4.96. The van der Waals surface area contributed by atoms with Crippen molar-refractivity contribution in [2.45, 2.75) is 20.8 Å². The zero-order valence-electron chi connectivity index (χ0n) is 22.5. The van der Waals surface area contributed by atoms with Gasteiger partial charge in [-0.25, -0.2) is 0 Å². The highest BCUT2D eigenvalue weighted by Gasteiger charge is 2.19. The molecule has 6 rings (SSSR count). The molecule has 6 aromatic rings. The maximum Gasteiger partial charge on any atom is 0.168 e. The number of hydrogen-bond donors (Lipinski definition) is 0. The maximum atomic E-state index is 4.67. The number of fused-ring (bicyclic) bond motifs is 1. The zero-order chi connectivity index (χ0) is 26.9. The van der Waals surface area contributed by atoms with Crippen LogP contribution in [-0.4, -0.2) is 19.3 Å². The highest BCUT2D eigenvalue weighted by molar-refractivity contribution is 5.95. The van der Waals surface area contributed by atoms with Crippen LogP contribution in [0.1, 0.15) is 29.3 Å². The molecule has 190 valence electrons. The van der Waals surface area contributed by atoms with Gasteiger partial charge in [0.1, 0.15) is 0 Å². The Balaban J connectivity index is 1.54. The van der Waals surface area contributed by atoms with Crippen LogP contribution in [0.4, 0.5) is 0 Å². The van der Waals surface area contributed by atoms with Gasteiger partial charge in [-0.05, 0) is 74.4 Å². The first kappa shape index (κ1) is 24.4. The van der Waals surface area contributed by atoms with Gasteiger partial charge in [0.15, 0.2) is 11.6 Å². The van der Waals surface area contributed by atoms with Gasteiger partial charge in [-0.1, -0.05) is 79.4 Å². The van der Waals surface area contributed by atoms with Gasteiger partial charge in [0.25, 0.3) is 0 Å². The van der Waals surface area contributed by atoms with E-state index in [0.717, 1.165) is 50.9 Å². The summed E-state index contributed by atoms with van der Waals surface area (Å²) in [6, 6.07) is 33.8. The highest BCUT2D eigenvalue weighted by atomic mass is 15.3. The molecule has 0 spiro atoms.